The van der Waals surface area contributed by atoms with E-state index in [0.29, 0.717) is 11.5 Å². The fourth-order valence-electron chi connectivity index (χ4n) is 1.63. The normalized spacial score (nSPS) is 10.5. The van der Waals surface area contributed by atoms with Crippen molar-refractivity contribution in [3.63, 3.8) is 0 Å². The van der Waals surface area contributed by atoms with E-state index in [-0.39, 0.29) is 12.4 Å². The second-order valence-corrected chi connectivity index (χ2v) is 4.54. The highest BCUT2D eigenvalue weighted by Gasteiger charge is 2.08. The molecule has 2 rings (SSSR count). The standard InChI is InChI=1S/C16H16N2O5/c1-11-3-8-14(23-11)16(20)18-17-9-12-4-6-13(7-5-12)22-10-15(19)21-2/h3-9H,10H2,1-2H3,(H,18,20). The summed E-state index contributed by atoms with van der Waals surface area (Å²) in [5.74, 6) is 0.509. The van der Waals surface area contributed by atoms with E-state index in [1.807, 2.05) is 0 Å². The van der Waals surface area contributed by atoms with Crippen molar-refractivity contribution in [2.24, 2.45) is 5.10 Å². The fraction of sp³-hybridized carbons (Fsp3) is 0.188. The Morgan fingerprint density at radius 3 is 2.57 bits per heavy atom. The molecule has 0 unspecified atom stereocenters. The van der Waals surface area contributed by atoms with Crippen LogP contribution in [0.2, 0.25) is 0 Å². The highest BCUT2D eigenvalue weighted by molar-refractivity contribution is 5.92. The van der Waals surface area contributed by atoms with Gasteiger partial charge in [0.25, 0.3) is 0 Å². The van der Waals surface area contributed by atoms with Gasteiger partial charge >= 0.3 is 11.9 Å². The van der Waals surface area contributed by atoms with Crippen molar-refractivity contribution in [1.82, 2.24) is 5.43 Å². The fourth-order valence-corrected chi connectivity index (χ4v) is 1.63. The Morgan fingerprint density at radius 2 is 1.96 bits per heavy atom. The summed E-state index contributed by atoms with van der Waals surface area (Å²) in [5.41, 5.74) is 3.12. The van der Waals surface area contributed by atoms with Crippen molar-refractivity contribution < 1.29 is 23.5 Å². The van der Waals surface area contributed by atoms with Crippen LogP contribution in [0.15, 0.2) is 45.9 Å². The third-order valence-corrected chi connectivity index (χ3v) is 2.81. The first-order valence-electron chi connectivity index (χ1n) is 6.78. The van der Waals surface area contributed by atoms with E-state index in [9.17, 15) is 9.59 Å². The first-order valence-corrected chi connectivity index (χ1v) is 6.78. The third kappa shape index (κ3) is 4.99. The molecule has 2 aromatic rings. The van der Waals surface area contributed by atoms with Gasteiger partial charge in [-0.1, -0.05) is 0 Å². The molecule has 120 valence electrons. The van der Waals surface area contributed by atoms with Gasteiger partial charge in [-0.05, 0) is 48.9 Å². The maximum Gasteiger partial charge on any atom is 0.343 e. The molecular weight excluding hydrogens is 300 g/mol. The monoisotopic (exact) mass is 316 g/mol. The van der Waals surface area contributed by atoms with Crippen LogP contribution in [0.4, 0.5) is 0 Å². The molecule has 0 aliphatic carbocycles. The number of aryl methyl sites for hydroxylation is 1. The van der Waals surface area contributed by atoms with Crippen LogP contribution in [0.5, 0.6) is 5.75 Å². The first kappa shape index (κ1) is 16.3. The second-order valence-electron chi connectivity index (χ2n) is 4.54. The number of rotatable bonds is 6. The first-order chi connectivity index (χ1) is 11.1. The van der Waals surface area contributed by atoms with Crippen LogP contribution in [0.25, 0.3) is 0 Å². The van der Waals surface area contributed by atoms with E-state index >= 15 is 0 Å². The van der Waals surface area contributed by atoms with Crippen molar-refractivity contribution in [3.05, 3.63) is 53.5 Å². The molecule has 0 spiro atoms. The number of carbonyl (C=O) groups is 2. The van der Waals surface area contributed by atoms with Gasteiger partial charge in [-0.2, -0.15) is 5.10 Å². The minimum Gasteiger partial charge on any atom is -0.482 e. The van der Waals surface area contributed by atoms with Gasteiger partial charge in [0.05, 0.1) is 13.3 Å². The molecule has 1 heterocycles. The summed E-state index contributed by atoms with van der Waals surface area (Å²) in [7, 11) is 1.30. The molecule has 0 atom stereocenters. The molecule has 0 bridgehead atoms. The zero-order valence-electron chi connectivity index (χ0n) is 12.7. The number of benzene rings is 1. The van der Waals surface area contributed by atoms with Crippen LogP contribution in [0.3, 0.4) is 0 Å². The summed E-state index contributed by atoms with van der Waals surface area (Å²) in [6.45, 7) is 1.60. The SMILES string of the molecule is COC(=O)COc1ccc(C=NNC(=O)c2ccc(C)o2)cc1. The van der Waals surface area contributed by atoms with Gasteiger partial charge in [-0.15, -0.1) is 0 Å². The number of amides is 1. The van der Waals surface area contributed by atoms with Crippen LogP contribution in [0, 0.1) is 6.92 Å². The van der Waals surface area contributed by atoms with E-state index in [4.69, 9.17) is 9.15 Å². The smallest absolute Gasteiger partial charge is 0.343 e. The number of methoxy groups -OCH3 is 1. The van der Waals surface area contributed by atoms with Gasteiger partial charge in [-0.3, -0.25) is 4.79 Å². The number of ether oxygens (including phenoxy) is 2. The molecule has 0 radical (unpaired) electrons. The quantitative estimate of drug-likeness (QED) is 0.499. The summed E-state index contributed by atoms with van der Waals surface area (Å²) >= 11 is 0. The number of hydrogen-bond acceptors (Lipinski definition) is 6. The van der Waals surface area contributed by atoms with E-state index in [1.54, 1.807) is 43.3 Å². The summed E-state index contributed by atoms with van der Waals surface area (Å²) in [6.07, 6.45) is 1.48. The number of hydrogen-bond donors (Lipinski definition) is 1. The zero-order valence-corrected chi connectivity index (χ0v) is 12.7. The van der Waals surface area contributed by atoms with Gasteiger partial charge in [-0.25, -0.2) is 10.2 Å². The van der Waals surface area contributed by atoms with E-state index < -0.39 is 11.9 Å². The summed E-state index contributed by atoms with van der Waals surface area (Å²) in [5, 5.41) is 3.84. The largest absolute Gasteiger partial charge is 0.482 e. The number of nitrogens with zero attached hydrogens (tertiary/aromatic N) is 1. The molecule has 0 fully saturated rings. The molecule has 0 aliphatic heterocycles. The Labute approximate surface area is 132 Å². The molecule has 0 aliphatic rings. The van der Waals surface area contributed by atoms with Crippen molar-refractivity contribution in [2.75, 3.05) is 13.7 Å². The highest BCUT2D eigenvalue weighted by atomic mass is 16.6. The lowest BCUT2D eigenvalue weighted by molar-refractivity contribution is -0.142. The number of nitrogens with one attached hydrogen (secondary N) is 1. The van der Waals surface area contributed by atoms with Crippen LogP contribution < -0.4 is 10.2 Å². The Morgan fingerprint density at radius 1 is 1.22 bits per heavy atom. The van der Waals surface area contributed by atoms with Crippen molar-refractivity contribution in [3.8, 4) is 5.75 Å². The Hall–Kier alpha value is -3.09. The lowest BCUT2D eigenvalue weighted by atomic mass is 10.2. The Bertz CT molecular complexity index is 704. The molecule has 0 saturated heterocycles. The minimum absolute atomic E-state index is 0.150. The van der Waals surface area contributed by atoms with Crippen LogP contribution in [-0.4, -0.2) is 31.8 Å². The van der Waals surface area contributed by atoms with Crippen molar-refractivity contribution in [1.29, 1.82) is 0 Å². The summed E-state index contributed by atoms with van der Waals surface area (Å²) in [4.78, 5) is 22.7. The van der Waals surface area contributed by atoms with Crippen LogP contribution >= 0.6 is 0 Å². The van der Waals surface area contributed by atoms with Crippen LogP contribution in [0.1, 0.15) is 21.9 Å². The van der Waals surface area contributed by atoms with Crippen molar-refractivity contribution in [2.45, 2.75) is 6.92 Å². The lowest BCUT2D eigenvalue weighted by Crippen LogP contribution is -2.16. The molecule has 7 nitrogen and oxygen atoms in total. The second kappa shape index (κ2) is 7.79. The number of hydrazone groups is 1. The predicted octanol–water partition coefficient (Wildman–Crippen LogP) is 1.90. The molecule has 7 heteroatoms. The van der Waals surface area contributed by atoms with Crippen LogP contribution in [-0.2, 0) is 9.53 Å². The Balaban J connectivity index is 1.85. The van der Waals surface area contributed by atoms with Gasteiger partial charge in [0.2, 0.25) is 0 Å². The Kier molecular flexibility index (Phi) is 5.51. The highest BCUT2D eigenvalue weighted by Crippen LogP contribution is 2.11. The van der Waals surface area contributed by atoms with Gasteiger partial charge in [0, 0.05) is 0 Å². The molecule has 0 saturated carbocycles. The summed E-state index contributed by atoms with van der Waals surface area (Å²) in [6, 6.07) is 10.1. The predicted molar refractivity (Wildman–Crippen MR) is 82.5 cm³/mol. The van der Waals surface area contributed by atoms with Crippen molar-refractivity contribution >= 4 is 18.1 Å². The lowest BCUT2D eigenvalue weighted by Gasteiger charge is -2.04. The molecule has 1 aromatic heterocycles. The average molecular weight is 316 g/mol. The van der Waals surface area contributed by atoms with E-state index in [1.165, 1.54) is 13.3 Å². The minimum atomic E-state index is -0.452. The third-order valence-electron chi connectivity index (χ3n) is 2.81. The number of esters is 1. The molecule has 1 aromatic carbocycles. The van der Waals surface area contributed by atoms with Gasteiger partial charge in [0.1, 0.15) is 11.5 Å². The van der Waals surface area contributed by atoms with E-state index in [0.717, 1.165) is 5.56 Å². The average Bonchev–Trinajstić information content (AvgIpc) is 3.00. The maximum atomic E-state index is 11.7. The number of carbonyl (C=O) groups excluding carboxylic acids is 2. The van der Waals surface area contributed by atoms with Gasteiger partial charge < -0.3 is 13.9 Å². The number of furan rings is 1. The molecule has 1 N–H and O–H groups in total. The van der Waals surface area contributed by atoms with Gasteiger partial charge in [0.15, 0.2) is 12.4 Å². The van der Waals surface area contributed by atoms with E-state index in [2.05, 4.69) is 15.3 Å². The summed E-state index contributed by atoms with van der Waals surface area (Å²) < 4.78 is 14.9. The molecule has 23 heavy (non-hydrogen) atoms. The zero-order chi connectivity index (χ0) is 16.7. The maximum absolute atomic E-state index is 11.7. The molecular formula is C16H16N2O5. The molecule has 1 amide bonds. The topological polar surface area (TPSA) is 90.1 Å².